The van der Waals surface area contributed by atoms with E-state index < -0.39 is 5.97 Å². The molecule has 1 heterocycles. The fraction of sp³-hybridized carbons (Fsp3) is 0.154. The van der Waals surface area contributed by atoms with Gasteiger partial charge in [-0.1, -0.05) is 23.9 Å². The number of halogens is 1. The number of thioether (sulfide) groups is 1. The van der Waals surface area contributed by atoms with E-state index in [2.05, 4.69) is 15.0 Å². The Labute approximate surface area is 119 Å². The molecule has 20 heavy (non-hydrogen) atoms. The maximum Gasteiger partial charge on any atom is 0.251 e. The third-order valence-corrected chi connectivity index (χ3v) is 3.16. The Kier molecular flexibility index (Phi) is 4.52. The van der Waals surface area contributed by atoms with Crippen LogP contribution in [-0.2, 0) is 0 Å². The number of nitrogens with one attached hydrogen (secondary N) is 1. The Morgan fingerprint density at radius 2 is 2.25 bits per heavy atom. The molecule has 3 N–H and O–H groups in total. The Morgan fingerprint density at radius 1 is 1.50 bits per heavy atom. The number of nitrogen functional groups attached to an aromatic ring is 1. The van der Waals surface area contributed by atoms with E-state index in [0.29, 0.717) is 16.5 Å². The molecule has 0 atom stereocenters. The number of nitrogens with two attached hydrogens (primary N) is 1. The Balaban J connectivity index is 2.06. The summed E-state index contributed by atoms with van der Waals surface area (Å²) in [5.41, 5.74) is 6.62. The summed E-state index contributed by atoms with van der Waals surface area (Å²) in [6, 6.07) is 7.97. The summed E-state index contributed by atoms with van der Waals surface area (Å²) in [5, 5.41) is 0.410. The number of aromatic amines is 1. The molecule has 0 saturated carbocycles. The molecule has 1 aromatic heterocycles. The summed E-state index contributed by atoms with van der Waals surface area (Å²) >= 11 is 1.14. The standard InChI is InChI=1S/C13H13FN4OS/c1-8-6-11(19)18-13(17-8)20-7-16-12(14)9-4-2-3-5-10(9)15/h2-6H,7,15H2,1H3,(H,17,18,19). The highest BCUT2D eigenvalue weighted by Crippen LogP contribution is 2.15. The second kappa shape index (κ2) is 6.33. The van der Waals surface area contributed by atoms with Crippen LogP contribution in [0.5, 0.6) is 0 Å². The van der Waals surface area contributed by atoms with Gasteiger partial charge in [0.2, 0.25) is 5.97 Å². The highest BCUT2D eigenvalue weighted by Gasteiger charge is 2.05. The van der Waals surface area contributed by atoms with Crippen molar-refractivity contribution in [2.75, 3.05) is 11.6 Å². The van der Waals surface area contributed by atoms with Crippen molar-refractivity contribution >= 4 is 23.4 Å². The fourth-order valence-electron chi connectivity index (χ4n) is 1.54. The number of H-pyrrole nitrogens is 1. The average molecular weight is 292 g/mol. The molecule has 0 radical (unpaired) electrons. The highest BCUT2D eigenvalue weighted by atomic mass is 32.2. The zero-order valence-corrected chi connectivity index (χ0v) is 11.6. The predicted molar refractivity (Wildman–Crippen MR) is 78.8 cm³/mol. The zero-order chi connectivity index (χ0) is 14.5. The molecule has 0 aliphatic carbocycles. The minimum atomic E-state index is -0.634. The van der Waals surface area contributed by atoms with E-state index in [9.17, 15) is 9.18 Å². The summed E-state index contributed by atoms with van der Waals surface area (Å²) < 4.78 is 13.8. The summed E-state index contributed by atoms with van der Waals surface area (Å²) in [4.78, 5) is 21.7. The number of aryl methyl sites for hydroxylation is 1. The van der Waals surface area contributed by atoms with Crippen LogP contribution in [0, 0.1) is 6.92 Å². The number of rotatable bonds is 4. The number of nitrogens with zero attached hydrogens (tertiary/aromatic N) is 2. The fourth-order valence-corrected chi connectivity index (χ4v) is 2.22. The van der Waals surface area contributed by atoms with Crippen LogP contribution in [0.25, 0.3) is 0 Å². The van der Waals surface area contributed by atoms with Gasteiger partial charge in [0.25, 0.3) is 5.56 Å². The van der Waals surface area contributed by atoms with Crippen LogP contribution in [0.3, 0.4) is 0 Å². The molecule has 0 fully saturated rings. The second-order valence-electron chi connectivity index (χ2n) is 4.00. The normalized spacial score (nSPS) is 11.6. The van der Waals surface area contributed by atoms with Crippen molar-refractivity contribution in [3.8, 4) is 0 Å². The first-order valence-corrected chi connectivity index (χ1v) is 6.80. The van der Waals surface area contributed by atoms with Crippen LogP contribution in [-0.4, -0.2) is 21.8 Å². The molecule has 7 heteroatoms. The maximum absolute atomic E-state index is 13.8. The molecule has 0 aliphatic heterocycles. The van der Waals surface area contributed by atoms with Gasteiger partial charge in [0, 0.05) is 17.4 Å². The van der Waals surface area contributed by atoms with Gasteiger partial charge in [-0.25, -0.2) is 9.98 Å². The van der Waals surface area contributed by atoms with E-state index in [0.717, 1.165) is 11.8 Å². The Bertz CT molecular complexity index is 699. The summed E-state index contributed by atoms with van der Waals surface area (Å²) in [7, 11) is 0. The van der Waals surface area contributed by atoms with Crippen molar-refractivity contribution in [3.63, 3.8) is 0 Å². The molecular formula is C13H13FN4OS. The first-order chi connectivity index (χ1) is 9.56. The minimum absolute atomic E-state index is 0.104. The van der Waals surface area contributed by atoms with Gasteiger partial charge in [-0.05, 0) is 19.1 Å². The van der Waals surface area contributed by atoms with Crippen molar-refractivity contribution in [2.45, 2.75) is 12.1 Å². The molecule has 0 aliphatic rings. The molecule has 0 spiro atoms. The van der Waals surface area contributed by atoms with Gasteiger partial charge in [-0.2, -0.15) is 4.39 Å². The molecule has 5 nitrogen and oxygen atoms in total. The minimum Gasteiger partial charge on any atom is -0.398 e. The number of para-hydroxylation sites is 1. The molecule has 2 aromatic rings. The predicted octanol–water partition coefficient (Wildman–Crippen LogP) is 2.13. The lowest BCUT2D eigenvalue weighted by molar-refractivity contribution is 0.802. The molecular weight excluding hydrogens is 279 g/mol. The van der Waals surface area contributed by atoms with Gasteiger partial charge in [0.15, 0.2) is 5.16 Å². The van der Waals surface area contributed by atoms with E-state index in [1.165, 1.54) is 6.07 Å². The van der Waals surface area contributed by atoms with Gasteiger partial charge >= 0.3 is 0 Å². The molecule has 0 saturated heterocycles. The molecule has 0 bridgehead atoms. The van der Waals surface area contributed by atoms with E-state index >= 15 is 0 Å². The average Bonchev–Trinajstić information content (AvgIpc) is 2.38. The topological polar surface area (TPSA) is 84.1 Å². The van der Waals surface area contributed by atoms with Gasteiger partial charge in [0.1, 0.15) is 0 Å². The monoisotopic (exact) mass is 292 g/mol. The largest absolute Gasteiger partial charge is 0.398 e. The second-order valence-corrected chi connectivity index (χ2v) is 4.94. The van der Waals surface area contributed by atoms with E-state index in [-0.39, 0.29) is 17.0 Å². The molecule has 0 unspecified atom stereocenters. The molecule has 0 amide bonds. The first kappa shape index (κ1) is 14.3. The van der Waals surface area contributed by atoms with Gasteiger partial charge < -0.3 is 10.7 Å². The quantitative estimate of drug-likeness (QED) is 0.391. The van der Waals surface area contributed by atoms with Gasteiger partial charge in [-0.3, -0.25) is 4.79 Å². The highest BCUT2D eigenvalue weighted by molar-refractivity contribution is 7.99. The third-order valence-electron chi connectivity index (χ3n) is 2.44. The lowest BCUT2D eigenvalue weighted by atomic mass is 10.2. The number of anilines is 1. The maximum atomic E-state index is 13.8. The van der Waals surface area contributed by atoms with Crippen LogP contribution in [0.1, 0.15) is 11.3 Å². The van der Waals surface area contributed by atoms with Crippen molar-refractivity contribution < 1.29 is 4.39 Å². The Hall–Kier alpha value is -2.15. The van der Waals surface area contributed by atoms with Crippen LogP contribution in [0.15, 0.2) is 45.3 Å². The van der Waals surface area contributed by atoms with E-state index in [1.807, 2.05) is 0 Å². The van der Waals surface area contributed by atoms with E-state index in [4.69, 9.17) is 5.73 Å². The molecule has 104 valence electrons. The first-order valence-electron chi connectivity index (χ1n) is 5.82. The number of benzene rings is 1. The SMILES string of the molecule is Cc1cc(=O)[nH]c(SCN=C(F)c2ccccc2N)n1. The Morgan fingerprint density at radius 3 is 2.95 bits per heavy atom. The number of aliphatic imine (C=N–C) groups is 1. The van der Waals surface area contributed by atoms with Gasteiger partial charge in [0.05, 0.1) is 11.4 Å². The lowest BCUT2D eigenvalue weighted by Crippen LogP contribution is -2.08. The number of aromatic nitrogens is 2. The zero-order valence-electron chi connectivity index (χ0n) is 10.8. The van der Waals surface area contributed by atoms with Crippen molar-refractivity contribution in [1.29, 1.82) is 0 Å². The van der Waals surface area contributed by atoms with Crippen molar-refractivity contribution in [1.82, 2.24) is 9.97 Å². The van der Waals surface area contributed by atoms with Crippen LogP contribution < -0.4 is 11.3 Å². The van der Waals surface area contributed by atoms with E-state index in [1.54, 1.807) is 31.2 Å². The van der Waals surface area contributed by atoms with Crippen molar-refractivity contribution in [2.24, 2.45) is 4.99 Å². The third kappa shape index (κ3) is 3.67. The number of hydrogen-bond donors (Lipinski definition) is 2. The van der Waals surface area contributed by atoms with Crippen LogP contribution in [0.2, 0.25) is 0 Å². The van der Waals surface area contributed by atoms with Gasteiger partial charge in [-0.15, -0.1) is 0 Å². The summed E-state index contributed by atoms with van der Waals surface area (Å²) in [6.07, 6.45) is 0. The molecule has 2 rings (SSSR count). The van der Waals surface area contributed by atoms with Crippen molar-refractivity contribution in [3.05, 3.63) is 51.9 Å². The summed E-state index contributed by atoms with van der Waals surface area (Å²) in [5.74, 6) is -0.530. The summed E-state index contributed by atoms with van der Waals surface area (Å²) in [6.45, 7) is 1.72. The lowest BCUT2D eigenvalue weighted by Gasteiger charge is -2.02. The number of hydrogen-bond acceptors (Lipinski definition) is 5. The van der Waals surface area contributed by atoms with Crippen LogP contribution >= 0.6 is 11.8 Å². The van der Waals surface area contributed by atoms with Crippen LogP contribution in [0.4, 0.5) is 10.1 Å². The molecule has 1 aromatic carbocycles. The smallest absolute Gasteiger partial charge is 0.251 e.